The molecule has 4 heteroatoms. The second kappa shape index (κ2) is 18.9. The molecule has 2 aromatic heterocycles. The van der Waals surface area contributed by atoms with Gasteiger partial charge in [-0.25, -0.2) is 0 Å². The first-order valence-corrected chi connectivity index (χ1v) is 21.3. The van der Waals surface area contributed by atoms with E-state index < -0.39 is 0 Å². The molecule has 2 heterocycles. The molecule has 0 aliphatic heterocycles. The van der Waals surface area contributed by atoms with Gasteiger partial charge in [-0.05, 0) is 72.6 Å². The number of rotatable bonds is 26. The SMILES string of the molecule is COCCCCCCCCCCCCc1cc2c(s1)-c1ccc3c4c(ccc-2c14)-c1cc(CCCCCCCCCCCCOC)sc1-3. The van der Waals surface area contributed by atoms with E-state index in [9.17, 15) is 0 Å². The van der Waals surface area contributed by atoms with Gasteiger partial charge in [0.15, 0.2) is 0 Å². The van der Waals surface area contributed by atoms with Crippen LogP contribution in [0.5, 0.6) is 0 Å². The molecule has 2 aromatic carbocycles. The molecule has 260 valence electrons. The van der Waals surface area contributed by atoms with Crippen LogP contribution in [0.4, 0.5) is 0 Å². The Morgan fingerprint density at radius 1 is 0.375 bits per heavy atom. The minimum absolute atomic E-state index is 0.923. The van der Waals surface area contributed by atoms with Gasteiger partial charge in [0.05, 0.1) is 0 Å². The fourth-order valence-corrected chi connectivity index (χ4v) is 10.7. The number of thiophene rings is 2. The normalized spacial score (nSPS) is 12.5. The lowest BCUT2D eigenvalue weighted by molar-refractivity contribution is 0.192. The molecule has 2 aliphatic rings. The van der Waals surface area contributed by atoms with Crippen molar-refractivity contribution in [3.8, 4) is 43.1 Å². The number of methoxy groups -OCH3 is 2. The summed E-state index contributed by atoms with van der Waals surface area (Å²) in [5.74, 6) is 0. The Balaban J connectivity index is 0.934. The molecular formula is C44H60O2S2. The molecular weight excluding hydrogens is 625 g/mol. The third-order valence-corrected chi connectivity index (χ3v) is 13.3. The van der Waals surface area contributed by atoms with Crippen LogP contribution in [-0.2, 0) is 22.3 Å². The van der Waals surface area contributed by atoms with Crippen LogP contribution in [0.3, 0.4) is 0 Å². The van der Waals surface area contributed by atoms with Crippen LogP contribution >= 0.6 is 22.7 Å². The molecule has 6 rings (SSSR count). The third-order valence-electron chi connectivity index (χ3n) is 10.8. The average molecular weight is 685 g/mol. The summed E-state index contributed by atoms with van der Waals surface area (Å²) in [7, 11) is 3.61. The summed E-state index contributed by atoms with van der Waals surface area (Å²) in [5, 5.41) is 3.05. The largest absolute Gasteiger partial charge is 0.385 e. The molecule has 4 aromatic rings. The Labute approximate surface area is 299 Å². The lowest BCUT2D eigenvalue weighted by atomic mass is 9.97. The van der Waals surface area contributed by atoms with Crippen LogP contribution in [0, 0.1) is 0 Å². The van der Waals surface area contributed by atoms with Crippen LogP contribution in [-0.4, -0.2) is 27.4 Å². The van der Waals surface area contributed by atoms with Crippen molar-refractivity contribution >= 4 is 33.4 Å². The topological polar surface area (TPSA) is 18.5 Å². The summed E-state index contributed by atoms with van der Waals surface area (Å²) in [4.78, 5) is 6.20. The average Bonchev–Trinajstić information content (AvgIpc) is 3.85. The Kier molecular flexibility index (Phi) is 14.1. The van der Waals surface area contributed by atoms with Gasteiger partial charge in [-0.1, -0.05) is 127 Å². The van der Waals surface area contributed by atoms with Gasteiger partial charge in [-0.3, -0.25) is 0 Å². The Morgan fingerprint density at radius 2 is 0.688 bits per heavy atom. The van der Waals surface area contributed by atoms with E-state index in [0.717, 1.165) is 13.2 Å². The molecule has 0 atom stereocenters. The molecule has 0 saturated carbocycles. The van der Waals surface area contributed by atoms with E-state index in [2.05, 4.69) is 59.1 Å². The molecule has 0 unspecified atom stereocenters. The first-order chi connectivity index (χ1) is 23.8. The van der Waals surface area contributed by atoms with Gasteiger partial charge in [-0.2, -0.15) is 0 Å². The van der Waals surface area contributed by atoms with Crippen LogP contribution < -0.4 is 0 Å². The number of aryl methyl sites for hydroxylation is 2. The van der Waals surface area contributed by atoms with Crippen LogP contribution in [0.25, 0.3) is 53.9 Å². The van der Waals surface area contributed by atoms with E-state index in [-0.39, 0.29) is 0 Å². The van der Waals surface area contributed by atoms with Gasteiger partial charge in [-0.15, -0.1) is 22.7 Å². The van der Waals surface area contributed by atoms with Gasteiger partial charge in [0.25, 0.3) is 0 Å². The van der Waals surface area contributed by atoms with E-state index >= 15 is 0 Å². The zero-order valence-electron chi connectivity index (χ0n) is 30.1. The summed E-state index contributed by atoms with van der Waals surface area (Å²) < 4.78 is 10.3. The Bertz CT molecular complexity index is 1380. The third kappa shape index (κ3) is 8.84. The first-order valence-electron chi connectivity index (χ1n) is 19.6. The maximum atomic E-state index is 5.15. The predicted octanol–water partition coefficient (Wildman–Crippen LogP) is 14.4. The fourth-order valence-electron chi connectivity index (χ4n) is 8.17. The molecule has 0 N–H and O–H groups in total. The van der Waals surface area contributed by atoms with Gasteiger partial charge < -0.3 is 9.47 Å². The summed E-state index contributed by atoms with van der Waals surface area (Å²) in [6.07, 6.45) is 29.7. The molecule has 0 saturated heterocycles. The summed E-state index contributed by atoms with van der Waals surface area (Å²) >= 11 is 4.13. The molecule has 0 spiro atoms. The van der Waals surface area contributed by atoms with E-state index in [0.29, 0.717) is 0 Å². The van der Waals surface area contributed by atoms with Crippen molar-refractivity contribution in [2.45, 2.75) is 141 Å². The van der Waals surface area contributed by atoms with Crippen molar-refractivity contribution < 1.29 is 9.47 Å². The standard InChI is InChI=1S/C44H60O2S2/c1-45-29-21-17-13-9-5-3-7-11-15-19-23-33-31-39-35-25-26-36-40-32-34(24-20-16-12-8-4-6-10-14-18-22-30-46-2)48-44(40)38-28-27-37(43(39)47-33)41(35)42(36)38/h25-28,31-32H,3-24,29-30H2,1-2H3. The lowest BCUT2D eigenvalue weighted by Crippen LogP contribution is -1.88. The van der Waals surface area contributed by atoms with E-state index in [1.54, 1.807) is 24.0 Å². The van der Waals surface area contributed by atoms with Crippen molar-refractivity contribution in [2.24, 2.45) is 0 Å². The van der Waals surface area contributed by atoms with Crippen molar-refractivity contribution in [1.82, 2.24) is 0 Å². The van der Waals surface area contributed by atoms with Crippen molar-refractivity contribution in [2.75, 3.05) is 27.4 Å². The van der Waals surface area contributed by atoms with Gasteiger partial charge in [0.2, 0.25) is 0 Å². The second-order valence-electron chi connectivity index (χ2n) is 14.5. The minimum Gasteiger partial charge on any atom is -0.385 e. The minimum atomic E-state index is 0.923. The molecule has 2 aliphatic carbocycles. The number of hydrogen-bond acceptors (Lipinski definition) is 4. The molecule has 0 radical (unpaired) electrons. The Morgan fingerprint density at radius 3 is 1.04 bits per heavy atom. The van der Waals surface area contributed by atoms with Gasteiger partial charge in [0, 0.05) is 69.2 Å². The monoisotopic (exact) mass is 684 g/mol. The highest BCUT2D eigenvalue weighted by molar-refractivity contribution is 7.17. The molecule has 2 nitrogen and oxygen atoms in total. The quantitative estimate of drug-likeness (QED) is 0.0530. The number of benzene rings is 2. The summed E-state index contributed by atoms with van der Waals surface area (Å²) in [6.45, 7) is 1.85. The van der Waals surface area contributed by atoms with Crippen LogP contribution in [0.2, 0.25) is 0 Å². The molecule has 0 bridgehead atoms. The highest BCUT2D eigenvalue weighted by Gasteiger charge is 2.31. The number of unbranched alkanes of at least 4 members (excludes halogenated alkanes) is 18. The Hall–Kier alpha value is -1.98. The van der Waals surface area contributed by atoms with Gasteiger partial charge >= 0.3 is 0 Å². The molecule has 48 heavy (non-hydrogen) atoms. The maximum absolute atomic E-state index is 5.15. The first kappa shape index (κ1) is 35.8. The number of fused-ring (bicyclic) bond motifs is 6. The fraction of sp³-hybridized carbons (Fsp3) is 0.591. The van der Waals surface area contributed by atoms with Crippen molar-refractivity contribution in [1.29, 1.82) is 0 Å². The van der Waals surface area contributed by atoms with E-state index in [1.807, 2.05) is 0 Å². The van der Waals surface area contributed by atoms with Crippen LogP contribution in [0.1, 0.15) is 138 Å². The van der Waals surface area contributed by atoms with E-state index in [1.165, 1.54) is 195 Å². The second-order valence-corrected chi connectivity index (χ2v) is 16.8. The molecule has 0 fully saturated rings. The zero-order valence-corrected chi connectivity index (χ0v) is 31.7. The molecule has 0 amide bonds. The zero-order chi connectivity index (χ0) is 33.0. The predicted molar refractivity (Wildman–Crippen MR) is 212 cm³/mol. The smallest absolute Gasteiger partial charge is 0.0462 e. The summed E-state index contributed by atoms with van der Waals surface area (Å²) in [6, 6.07) is 14.8. The van der Waals surface area contributed by atoms with E-state index in [4.69, 9.17) is 9.47 Å². The lowest BCUT2D eigenvalue weighted by Gasteiger charge is -2.07. The number of ether oxygens (including phenoxy) is 2. The van der Waals surface area contributed by atoms with Crippen molar-refractivity contribution in [3.05, 3.63) is 46.2 Å². The number of hydrogen-bond donors (Lipinski definition) is 0. The maximum Gasteiger partial charge on any atom is 0.0462 e. The van der Waals surface area contributed by atoms with Gasteiger partial charge in [0.1, 0.15) is 0 Å². The highest BCUT2D eigenvalue weighted by atomic mass is 32.1. The summed E-state index contributed by atoms with van der Waals surface area (Å²) in [5.41, 5.74) is 8.93. The van der Waals surface area contributed by atoms with Crippen molar-refractivity contribution in [3.63, 3.8) is 0 Å². The highest BCUT2D eigenvalue weighted by Crippen LogP contribution is 2.59. The van der Waals surface area contributed by atoms with Crippen LogP contribution in [0.15, 0.2) is 36.4 Å².